The maximum Gasteiger partial charge on any atom is 0.0486 e. The Morgan fingerprint density at radius 3 is 2.39 bits per heavy atom. The van der Waals surface area contributed by atoms with Crippen LogP contribution in [-0.4, -0.2) is 4.57 Å². The molecule has 0 fully saturated rings. The monoisotopic (exact) mass is 347 g/mol. The Kier molecular flexibility index (Phi) is 3.37. The molecule has 0 atom stereocenters. The molecule has 0 saturated heterocycles. The molecule has 0 spiro atoms. The first-order chi connectivity index (χ1) is 8.88. The number of para-hydroxylation sites is 1. The highest BCUT2D eigenvalue weighted by Crippen LogP contribution is 2.24. The van der Waals surface area contributed by atoms with Crippen LogP contribution in [0.15, 0.2) is 60.8 Å². The van der Waals surface area contributed by atoms with Crippen LogP contribution >= 0.6 is 22.6 Å². The van der Waals surface area contributed by atoms with Crippen LogP contribution in [0.2, 0.25) is 0 Å². The molecule has 0 aliphatic carbocycles. The minimum absolute atomic E-state index is 0.942. The lowest BCUT2D eigenvalue weighted by Gasteiger charge is -2.05. The predicted molar refractivity (Wildman–Crippen MR) is 85.2 cm³/mol. The molecule has 3 aromatic rings. The second-order valence-electron chi connectivity index (χ2n) is 4.42. The fourth-order valence-corrected chi connectivity index (χ4v) is 2.95. The summed E-state index contributed by atoms with van der Waals surface area (Å²) >= 11 is 2.43. The molecule has 1 aromatic heterocycles. The quantitative estimate of drug-likeness (QED) is 0.481. The van der Waals surface area contributed by atoms with Gasteiger partial charge in [-0.2, -0.15) is 0 Å². The summed E-state index contributed by atoms with van der Waals surface area (Å²) in [4.78, 5) is 0. The summed E-state index contributed by atoms with van der Waals surface area (Å²) in [7, 11) is 0. The summed E-state index contributed by atoms with van der Waals surface area (Å²) in [6, 6.07) is 19.3. The van der Waals surface area contributed by atoms with Gasteiger partial charge in [0.15, 0.2) is 0 Å². The van der Waals surface area contributed by atoms with Crippen LogP contribution in [0.5, 0.6) is 0 Å². The van der Waals surface area contributed by atoms with Gasteiger partial charge in [0.05, 0.1) is 0 Å². The molecule has 2 aromatic carbocycles. The molecular formula is C16H14IN. The van der Waals surface area contributed by atoms with Crippen LogP contribution < -0.4 is 0 Å². The van der Waals surface area contributed by atoms with Gasteiger partial charge >= 0.3 is 0 Å². The molecular weight excluding hydrogens is 333 g/mol. The number of halogens is 1. The van der Waals surface area contributed by atoms with E-state index in [0.717, 1.165) is 11.0 Å². The number of benzene rings is 2. The average Bonchev–Trinajstić information content (AvgIpc) is 2.78. The van der Waals surface area contributed by atoms with Gasteiger partial charge in [0.1, 0.15) is 0 Å². The molecule has 0 radical (unpaired) electrons. The van der Waals surface area contributed by atoms with Crippen LogP contribution in [0.3, 0.4) is 0 Å². The van der Waals surface area contributed by atoms with Gasteiger partial charge in [0, 0.05) is 28.1 Å². The second kappa shape index (κ2) is 5.14. The lowest BCUT2D eigenvalue weighted by Crippen LogP contribution is -1.97. The molecule has 1 nitrogen and oxygen atoms in total. The van der Waals surface area contributed by atoms with Gasteiger partial charge < -0.3 is 4.57 Å². The summed E-state index contributed by atoms with van der Waals surface area (Å²) < 4.78 is 3.40. The van der Waals surface area contributed by atoms with E-state index in [1.807, 2.05) is 0 Å². The topological polar surface area (TPSA) is 4.93 Å². The van der Waals surface area contributed by atoms with Gasteiger partial charge in [-0.15, -0.1) is 0 Å². The van der Waals surface area contributed by atoms with Crippen molar-refractivity contribution >= 4 is 33.5 Å². The van der Waals surface area contributed by atoms with Gasteiger partial charge in [-0.1, -0.05) is 71.1 Å². The third-order valence-corrected chi connectivity index (χ3v) is 4.03. The molecule has 3 rings (SSSR count). The Hall–Kier alpha value is -1.29. The van der Waals surface area contributed by atoms with Crippen molar-refractivity contribution in [2.45, 2.75) is 11.0 Å². The van der Waals surface area contributed by atoms with Crippen molar-refractivity contribution in [3.8, 4) is 0 Å². The first kappa shape index (κ1) is 11.8. The number of rotatable bonds is 3. The minimum Gasteiger partial charge on any atom is -0.343 e. The van der Waals surface area contributed by atoms with Crippen molar-refractivity contribution in [2.75, 3.05) is 0 Å². The molecule has 2 heteroatoms. The van der Waals surface area contributed by atoms with E-state index < -0.39 is 0 Å². The largest absolute Gasteiger partial charge is 0.343 e. The molecule has 0 saturated carbocycles. The van der Waals surface area contributed by atoms with E-state index in [1.165, 1.54) is 22.0 Å². The van der Waals surface area contributed by atoms with Crippen molar-refractivity contribution in [3.05, 3.63) is 71.9 Å². The minimum atomic E-state index is 0.942. The molecule has 0 aliphatic rings. The van der Waals surface area contributed by atoms with Crippen LogP contribution in [0.1, 0.15) is 11.1 Å². The summed E-state index contributed by atoms with van der Waals surface area (Å²) in [5.74, 6) is 0. The summed E-state index contributed by atoms with van der Waals surface area (Å²) in [5.41, 5.74) is 4.09. The Morgan fingerprint density at radius 1 is 0.889 bits per heavy atom. The normalized spacial score (nSPS) is 10.9. The highest BCUT2D eigenvalue weighted by molar-refractivity contribution is 14.1. The maximum atomic E-state index is 2.43. The molecule has 0 amide bonds. The van der Waals surface area contributed by atoms with E-state index in [4.69, 9.17) is 0 Å². The zero-order chi connectivity index (χ0) is 12.4. The zero-order valence-corrected chi connectivity index (χ0v) is 12.2. The first-order valence-corrected chi connectivity index (χ1v) is 7.57. The van der Waals surface area contributed by atoms with Gasteiger partial charge in [-0.3, -0.25) is 0 Å². The van der Waals surface area contributed by atoms with Crippen molar-refractivity contribution in [2.24, 2.45) is 0 Å². The van der Waals surface area contributed by atoms with Crippen LogP contribution in [0.4, 0.5) is 0 Å². The Bertz CT molecular complexity index is 655. The fourth-order valence-electron chi connectivity index (χ4n) is 2.34. The van der Waals surface area contributed by atoms with E-state index in [0.29, 0.717) is 0 Å². The molecule has 18 heavy (non-hydrogen) atoms. The van der Waals surface area contributed by atoms with E-state index in [-0.39, 0.29) is 0 Å². The average molecular weight is 347 g/mol. The van der Waals surface area contributed by atoms with E-state index in [1.54, 1.807) is 0 Å². The molecule has 1 heterocycles. The summed E-state index contributed by atoms with van der Waals surface area (Å²) in [6.45, 7) is 0.942. The van der Waals surface area contributed by atoms with Crippen LogP contribution in [-0.2, 0) is 11.0 Å². The molecule has 90 valence electrons. The second-order valence-corrected chi connectivity index (χ2v) is 5.18. The van der Waals surface area contributed by atoms with Gasteiger partial charge in [0.2, 0.25) is 0 Å². The highest BCUT2D eigenvalue weighted by atomic mass is 127. The van der Waals surface area contributed by atoms with E-state index >= 15 is 0 Å². The number of hydrogen-bond acceptors (Lipinski definition) is 0. The fraction of sp³-hybridized carbons (Fsp3) is 0.125. The molecule has 0 N–H and O–H groups in total. The number of hydrogen-bond donors (Lipinski definition) is 0. The van der Waals surface area contributed by atoms with Gasteiger partial charge in [-0.05, 0) is 17.2 Å². The summed E-state index contributed by atoms with van der Waals surface area (Å²) in [5, 5.41) is 1.38. The Labute approximate surface area is 121 Å². The lowest BCUT2D eigenvalue weighted by molar-refractivity contribution is 0.834. The first-order valence-electron chi connectivity index (χ1n) is 6.05. The molecule has 0 aliphatic heterocycles. The van der Waals surface area contributed by atoms with Crippen molar-refractivity contribution in [1.29, 1.82) is 0 Å². The smallest absolute Gasteiger partial charge is 0.0486 e. The van der Waals surface area contributed by atoms with Crippen molar-refractivity contribution < 1.29 is 0 Å². The predicted octanol–water partition coefficient (Wildman–Crippen LogP) is 4.62. The highest BCUT2D eigenvalue weighted by Gasteiger charge is 2.06. The number of aromatic nitrogens is 1. The third-order valence-electron chi connectivity index (χ3n) is 3.21. The van der Waals surface area contributed by atoms with Crippen LogP contribution in [0.25, 0.3) is 10.9 Å². The Balaban J connectivity index is 2.07. The Morgan fingerprint density at radius 2 is 1.61 bits per heavy atom. The number of nitrogens with zero attached hydrogens (tertiary/aromatic N) is 1. The SMILES string of the molecule is ICc1cn(Cc2ccccc2)c2ccccc12. The third kappa shape index (κ3) is 2.17. The van der Waals surface area contributed by atoms with E-state index in [2.05, 4.69) is 88.0 Å². The number of alkyl halides is 1. The van der Waals surface area contributed by atoms with Crippen molar-refractivity contribution in [1.82, 2.24) is 4.57 Å². The summed E-state index contributed by atoms with van der Waals surface area (Å²) in [6.07, 6.45) is 2.28. The standard InChI is InChI=1S/C16H14IN/c17-10-14-12-18(11-13-6-2-1-3-7-13)16-9-5-4-8-15(14)16/h1-9,12H,10-11H2. The lowest BCUT2D eigenvalue weighted by atomic mass is 10.2. The number of fused-ring (bicyclic) bond motifs is 1. The van der Waals surface area contributed by atoms with Gasteiger partial charge in [-0.25, -0.2) is 0 Å². The zero-order valence-electron chi connectivity index (χ0n) is 10.0. The molecule has 0 bridgehead atoms. The van der Waals surface area contributed by atoms with Crippen LogP contribution in [0, 0.1) is 0 Å². The molecule has 0 unspecified atom stereocenters. The van der Waals surface area contributed by atoms with Crippen molar-refractivity contribution in [3.63, 3.8) is 0 Å². The van der Waals surface area contributed by atoms with Gasteiger partial charge in [0.25, 0.3) is 0 Å². The van der Waals surface area contributed by atoms with E-state index in [9.17, 15) is 0 Å². The maximum absolute atomic E-state index is 2.43.